The van der Waals surface area contributed by atoms with Gasteiger partial charge in [0, 0.05) is 18.8 Å². The van der Waals surface area contributed by atoms with Gasteiger partial charge in [-0.2, -0.15) is 0 Å². The molecule has 1 N–H and O–H groups in total. The van der Waals surface area contributed by atoms with Gasteiger partial charge in [-0.05, 0) is 36.1 Å². The Balaban J connectivity index is 1.99. The summed E-state index contributed by atoms with van der Waals surface area (Å²) in [6, 6.07) is 18.3. The molecular weight excluding hydrogens is 296 g/mol. The predicted octanol–water partition coefficient (Wildman–Crippen LogP) is 5.79. The summed E-state index contributed by atoms with van der Waals surface area (Å²) in [5, 5.41) is 3.03. The van der Waals surface area contributed by atoms with Gasteiger partial charge in [-0.25, -0.2) is 4.79 Å². The van der Waals surface area contributed by atoms with Gasteiger partial charge in [-0.15, -0.1) is 0 Å². The van der Waals surface area contributed by atoms with Crippen LogP contribution in [0.3, 0.4) is 0 Å². The molecule has 0 aliphatic heterocycles. The fraction of sp³-hybridized carbons (Fsp3) is 0.381. The summed E-state index contributed by atoms with van der Waals surface area (Å²) in [6.45, 7) is 5.95. The Morgan fingerprint density at radius 1 is 0.833 bits per heavy atom. The topological polar surface area (TPSA) is 32.3 Å². The number of urea groups is 1. The summed E-state index contributed by atoms with van der Waals surface area (Å²) in [4.78, 5) is 14.4. The van der Waals surface area contributed by atoms with E-state index in [-0.39, 0.29) is 6.03 Å². The van der Waals surface area contributed by atoms with E-state index in [9.17, 15) is 4.79 Å². The summed E-state index contributed by atoms with van der Waals surface area (Å²) in [6.07, 6.45) is 4.29. The molecule has 2 rings (SSSR count). The lowest BCUT2D eigenvalue weighted by Crippen LogP contribution is -2.36. The summed E-state index contributed by atoms with van der Waals surface area (Å²) >= 11 is 0. The van der Waals surface area contributed by atoms with Gasteiger partial charge in [-0.3, -0.25) is 0 Å². The normalized spacial score (nSPS) is 10.4. The van der Waals surface area contributed by atoms with Gasteiger partial charge in [-0.1, -0.05) is 69.2 Å². The van der Waals surface area contributed by atoms with E-state index in [0.29, 0.717) is 0 Å². The smallest absolute Gasteiger partial charge is 0.321 e. The number of hydrogen-bond donors (Lipinski definition) is 1. The Bertz CT molecular complexity index is 599. The first-order chi connectivity index (χ1) is 11.7. The Morgan fingerprint density at radius 2 is 1.38 bits per heavy atom. The Kier molecular flexibility index (Phi) is 7.34. The number of carbonyl (C=O) groups is 1. The highest BCUT2D eigenvalue weighted by atomic mass is 16.2. The third-order valence-electron chi connectivity index (χ3n) is 4.09. The summed E-state index contributed by atoms with van der Waals surface area (Å²) < 4.78 is 0. The quantitative estimate of drug-likeness (QED) is 0.655. The lowest BCUT2D eigenvalue weighted by Gasteiger charge is -2.23. The lowest BCUT2D eigenvalue weighted by molar-refractivity contribution is 0.210. The van der Waals surface area contributed by atoms with Crippen molar-refractivity contribution in [1.29, 1.82) is 0 Å². The monoisotopic (exact) mass is 324 g/mol. The summed E-state index contributed by atoms with van der Waals surface area (Å²) in [7, 11) is 0. The minimum Gasteiger partial charge on any atom is -0.325 e. The van der Waals surface area contributed by atoms with Crippen molar-refractivity contribution in [2.45, 2.75) is 39.5 Å². The fourth-order valence-electron chi connectivity index (χ4n) is 2.59. The molecule has 0 saturated heterocycles. The maximum absolute atomic E-state index is 12.5. The first-order valence-electron chi connectivity index (χ1n) is 8.96. The highest BCUT2D eigenvalue weighted by molar-refractivity contribution is 5.89. The zero-order valence-electron chi connectivity index (χ0n) is 14.8. The fourth-order valence-corrected chi connectivity index (χ4v) is 2.59. The van der Waals surface area contributed by atoms with Crippen molar-refractivity contribution < 1.29 is 4.79 Å². The predicted molar refractivity (Wildman–Crippen MR) is 102 cm³/mol. The molecule has 0 aliphatic rings. The van der Waals surface area contributed by atoms with Crippen molar-refractivity contribution in [3.05, 3.63) is 54.6 Å². The van der Waals surface area contributed by atoms with Gasteiger partial charge in [0.25, 0.3) is 0 Å². The van der Waals surface area contributed by atoms with Crippen LogP contribution in [0.4, 0.5) is 10.5 Å². The molecule has 0 aromatic heterocycles. The van der Waals surface area contributed by atoms with Gasteiger partial charge < -0.3 is 10.2 Å². The average molecular weight is 324 g/mol. The molecule has 0 fully saturated rings. The number of nitrogens with one attached hydrogen (secondary N) is 1. The van der Waals surface area contributed by atoms with Crippen molar-refractivity contribution in [2.24, 2.45) is 0 Å². The molecule has 0 bridgehead atoms. The number of anilines is 1. The number of unbranched alkanes of at least 4 members (excludes halogenated alkanes) is 2. The van der Waals surface area contributed by atoms with Crippen LogP contribution in [0.15, 0.2) is 54.6 Å². The molecule has 2 aromatic carbocycles. The van der Waals surface area contributed by atoms with Gasteiger partial charge in [0.2, 0.25) is 0 Å². The highest BCUT2D eigenvalue weighted by Crippen LogP contribution is 2.21. The molecule has 3 nitrogen and oxygen atoms in total. The molecule has 0 unspecified atom stereocenters. The number of rotatable bonds is 8. The average Bonchev–Trinajstić information content (AvgIpc) is 2.63. The molecule has 0 radical (unpaired) electrons. The maximum atomic E-state index is 12.5. The van der Waals surface area contributed by atoms with E-state index in [0.717, 1.165) is 50.0 Å². The van der Waals surface area contributed by atoms with Crippen LogP contribution in [0.2, 0.25) is 0 Å². The van der Waals surface area contributed by atoms with Gasteiger partial charge in [0.15, 0.2) is 0 Å². The zero-order valence-corrected chi connectivity index (χ0v) is 14.8. The molecule has 0 heterocycles. The van der Waals surface area contributed by atoms with Crippen LogP contribution in [0.1, 0.15) is 39.5 Å². The van der Waals surface area contributed by atoms with Crippen LogP contribution in [0, 0.1) is 0 Å². The van der Waals surface area contributed by atoms with E-state index in [2.05, 4.69) is 31.3 Å². The minimum atomic E-state index is 0.00404. The van der Waals surface area contributed by atoms with Crippen molar-refractivity contribution >= 4 is 11.7 Å². The summed E-state index contributed by atoms with van der Waals surface area (Å²) in [5.41, 5.74) is 3.18. The minimum absolute atomic E-state index is 0.00404. The van der Waals surface area contributed by atoms with E-state index >= 15 is 0 Å². The van der Waals surface area contributed by atoms with E-state index in [1.165, 1.54) is 5.56 Å². The Hall–Kier alpha value is -2.29. The van der Waals surface area contributed by atoms with E-state index in [1.54, 1.807) is 0 Å². The van der Waals surface area contributed by atoms with Crippen LogP contribution in [0.25, 0.3) is 11.1 Å². The van der Waals surface area contributed by atoms with Crippen LogP contribution in [-0.4, -0.2) is 24.0 Å². The molecule has 0 atom stereocenters. The first kappa shape index (κ1) is 18.1. The molecular formula is C21H28N2O. The SMILES string of the molecule is CCCCN(CCCC)C(=O)Nc1ccc(-c2ccccc2)cc1. The maximum Gasteiger partial charge on any atom is 0.321 e. The molecule has 0 aliphatic carbocycles. The number of amides is 2. The number of benzene rings is 2. The van der Waals surface area contributed by atoms with E-state index < -0.39 is 0 Å². The standard InChI is InChI=1S/C21H28N2O/c1-3-5-16-23(17-6-4-2)21(24)22-20-14-12-19(13-15-20)18-10-8-7-9-11-18/h7-15H,3-6,16-17H2,1-2H3,(H,22,24). The molecule has 0 spiro atoms. The first-order valence-corrected chi connectivity index (χ1v) is 8.96. The molecule has 2 aromatic rings. The number of hydrogen-bond acceptors (Lipinski definition) is 1. The third kappa shape index (κ3) is 5.41. The lowest BCUT2D eigenvalue weighted by atomic mass is 10.1. The summed E-state index contributed by atoms with van der Waals surface area (Å²) in [5.74, 6) is 0. The highest BCUT2D eigenvalue weighted by Gasteiger charge is 2.12. The van der Waals surface area contributed by atoms with Crippen molar-refractivity contribution in [1.82, 2.24) is 4.90 Å². The van der Waals surface area contributed by atoms with Gasteiger partial charge >= 0.3 is 6.03 Å². The van der Waals surface area contributed by atoms with E-state index in [4.69, 9.17) is 0 Å². The second kappa shape index (κ2) is 9.76. The van der Waals surface area contributed by atoms with Crippen LogP contribution in [0.5, 0.6) is 0 Å². The van der Waals surface area contributed by atoms with E-state index in [1.807, 2.05) is 47.4 Å². The Morgan fingerprint density at radius 3 is 1.92 bits per heavy atom. The molecule has 0 saturated carbocycles. The third-order valence-corrected chi connectivity index (χ3v) is 4.09. The second-order valence-corrected chi connectivity index (χ2v) is 6.07. The molecule has 3 heteroatoms. The van der Waals surface area contributed by atoms with Crippen LogP contribution < -0.4 is 5.32 Å². The largest absolute Gasteiger partial charge is 0.325 e. The Labute approximate surface area is 145 Å². The zero-order chi connectivity index (χ0) is 17.2. The number of carbonyl (C=O) groups excluding carboxylic acids is 1. The van der Waals surface area contributed by atoms with Crippen molar-refractivity contribution in [2.75, 3.05) is 18.4 Å². The van der Waals surface area contributed by atoms with Gasteiger partial charge in [0.1, 0.15) is 0 Å². The second-order valence-electron chi connectivity index (χ2n) is 6.07. The van der Waals surface area contributed by atoms with Crippen molar-refractivity contribution in [3.8, 4) is 11.1 Å². The van der Waals surface area contributed by atoms with Crippen LogP contribution >= 0.6 is 0 Å². The molecule has 2 amide bonds. The molecule has 128 valence electrons. The van der Waals surface area contributed by atoms with Crippen molar-refractivity contribution in [3.63, 3.8) is 0 Å². The molecule has 24 heavy (non-hydrogen) atoms. The van der Waals surface area contributed by atoms with Gasteiger partial charge in [0.05, 0.1) is 0 Å². The number of nitrogens with zero attached hydrogens (tertiary/aromatic N) is 1. The van der Waals surface area contributed by atoms with Crippen LogP contribution in [-0.2, 0) is 0 Å².